The van der Waals surface area contributed by atoms with Gasteiger partial charge in [-0.1, -0.05) is 0 Å². The third-order valence-electron chi connectivity index (χ3n) is 3.98. The van der Waals surface area contributed by atoms with Crippen molar-refractivity contribution >= 4 is 5.57 Å². The zero-order valence-corrected chi connectivity index (χ0v) is 18.7. The summed E-state index contributed by atoms with van der Waals surface area (Å²) in [6.07, 6.45) is 7.57. The molecule has 0 fully saturated rings. The smallest absolute Gasteiger partial charge is 1.00 e. The maximum Gasteiger partial charge on any atom is -1.00 e. The first-order valence-electron chi connectivity index (χ1n) is 7.53. The number of allylic oxidation sites excluding steroid dienone is 4. The summed E-state index contributed by atoms with van der Waals surface area (Å²) in [6, 6.07) is 4.67. The van der Waals surface area contributed by atoms with Crippen LogP contribution in [0.5, 0.6) is 5.75 Å². The van der Waals surface area contributed by atoms with Crippen molar-refractivity contribution in [2.24, 2.45) is 0 Å². The number of benzene rings is 1. The summed E-state index contributed by atoms with van der Waals surface area (Å²) in [5, 5.41) is 0. The van der Waals surface area contributed by atoms with Gasteiger partial charge in [-0.05, 0) is 0 Å². The van der Waals surface area contributed by atoms with Crippen LogP contribution in [0, 0.1) is 0 Å². The fraction of sp³-hybridized carbons (Fsp3) is 0.474. The van der Waals surface area contributed by atoms with E-state index in [1.54, 1.807) is 0 Å². The van der Waals surface area contributed by atoms with E-state index in [1.807, 2.05) is 0 Å². The molecule has 0 spiro atoms. The predicted molar refractivity (Wildman–Crippen MR) is 86.2 cm³/mol. The van der Waals surface area contributed by atoms with Gasteiger partial charge in [0.1, 0.15) is 0 Å². The van der Waals surface area contributed by atoms with Gasteiger partial charge in [0.2, 0.25) is 0 Å². The van der Waals surface area contributed by atoms with Crippen LogP contribution < -0.4 is 27.6 Å². The normalized spacial score (nSPS) is 14.0. The molecule has 0 saturated heterocycles. The Morgan fingerprint density at radius 1 is 0.957 bits per heavy atom. The quantitative estimate of drug-likeness (QED) is 0.612. The Morgan fingerprint density at radius 3 is 1.96 bits per heavy atom. The summed E-state index contributed by atoms with van der Waals surface area (Å²) in [4.78, 5) is 0. The standard InChI is InChI=1S/C19H26O.2ClH.Zr/c1-18(2,3)14-11-15(13-9-7-8-10-13)17(20)16(12-14)19(4,5)6;;;/h7-9,11-12,20H,10H2,1-6H3;2*1H;/q;;;+3/p-3. The second-order valence-corrected chi connectivity index (χ2v) is 8.33. The molecule has 1 aliphatic rings. The summed E-state index contributed by atoms with van der Waals surface area (Å²) >= 11 is 1.09. The molecule has 23 heavy (non-hydrogen) atoms. The maximum atomic E-state index is 5.90. The van der Waals surface area contributed by atoms with Gasteiger partial charge in [-0.2, -0.15) is 0 Å². The molecule has 0 N–H and O–H groups in total. The molecule has 1 aromatic rings. The predicted octanol–water partition coefficient (Wildman–Crippen LogP) is -0.526. The van der Waals surface area contributed by atoms with E-state index in [2.05, 4.69) is 71.9 Å². The fourth-order valence-electron chi connectivity index (χ4n) is 2.61. The molecule has 0 aromatic heterocycles. The van der Waals surface area contributed by atoms with E-state index in [9.17, 15) is 0 Å². The monoisotopic (exact) mass is 429 g/mol. The van der Waals surface area contributed by atoms with E-state index in [-0.39, 0.29) is 35.6 Å². The second-order valence-electron chi connectivity index (χ2n) is 7.83. The van der Waals surface area contributed by atoms with E-state index in [4.69, 9.17) is 2.81 Å². The Bertz CT molecular complexity index is 605. The summed E-state index contributed by atoms with van der Waals surface area (Å²) in [6.45, 7) is 13.6. The minimum atomic E-state index is 0. The molecule has 0 atom stereocenters. The summed E-state index contributed by atoms with van der Waals surface area (Å²) in [5.41, 5.74) is 5.55. The molecule has 4 heteroatoms. The van der Waals surface area contributed by atoms with Crippen molar-refractivity contribution in [3.8, 4) is 5.75 Å². The van der Waals surface area contributed by atoms with Crippen LogP contribution in [0.15, 0.2) is 30.4 Å². The van der Waals surface area contributed by atoms with Crippen molar-refractivity contribution in [1.29, 1.82) is 0 Å². The summed E-state index contributed by atoms with van der Waals surface area (Å²) in [5.74, 6) is 1.07. The van der Waals surface area contributed by atoms with Crippen LogP contribution in [0.1, 0.15) is 64.7 Å². The van der Waals surface area contributed by atoms with E-state index >= 15 is 0 Å². The van der Waals surface area contributed by atoms with Gasteiger partial charge >= 0.3 is 145 Å². The molecule has 0 amide bonds. The van der Waals surface area contributed by atoms with Crippen molar-refractivity contribution in [3.63, 3.8) is 0 Å². The Balaban J connectivity index is 0.00000242. The largest absolute Gasteiger partial charge is 1.00 e. The van der Waals surface area contributed by atoms with Gasteiger partial charge in [0.25, 0.3) is 0 Å². The molecule has 0 bridgehead atoms. The average Bonchev–Trinajstić information content (AvgIpc) is 2.88. The zero-order valence-electron chi connectivity index (χ0n) is 14.8. The number of rotatable bonds is 2. The van der Waals surface area contributed by atoms with Gasteiger partial charge < -0.3 is 24.8 Å². The van der Waals surface area contributed by atoms with E-state index in [0.717, 1.165) is 37.3 Å². The third kappa shape index (κ3) is 5.22. The maximum absolute atomic E-state index is 5.90. The third-order valence-corrected chi connectivity index (χ3v) is 4.48. The van der Waals surface area contributed by atoms with Crippen LogP contribution in [0.2, 0.25) is 0 Å². The van der Waals surface area contributed by atoms with Gasteiger partial charge in [-0.3, -0.25) is 0 Å². The van der Waals surface area contributed by atoms with Gasteiger partial charge in [0.15, 0.2) is 0 Å². The molecule has 0 radical (unpaired) electrons. The van der Waals surface area contributed by atoms with Crippen molar-refractivity contribution in [1.82, 2.24) is 0 Å². The first-order valence-corrected chi connectivity index (χ1v) is 8.53. The Kier molecular flexibility index (Phi) is 8.35. The summed E-state index contributed by atoms with van der Waals surface area (Å²) < 4.78 is 5.90. The molecule has 0 aliphatic heterocycles. The molecule has 0 unspecified atom stereocenters. The van der Waals surface area contributed by atoms with Crippen LogP contribution in [-0.4, -0.2) is 0 Å². The first-order chi connectivity index (χ1) is 9.64. The molecule has 2 rings (SSSR count). The minimum absolute atomic E-state index is 0. The molecule has 1 aliphatic carbocycles. The average molecular weight is 432 g/mol. The molecule has 0 saturated carbocycles. The molecular formula is C19H25Cl2OZr. The van der Waals surface area contributed by atoms with Gasteiger partial charge in [0, 0.05) is 0 Å². The number of hydrogen-bond donors (Lipinski definition) is 0. The Labute approximate surface area is 169 Å². The summed E-state index contributed by atoms with van der Waals surface area (Å²) in [7, 11) is 0. The number of halogens is 2. The molecule has 1 nitrogen and oxygen atoms in total. The molecule has 125 valence electrons. The zero-order chi connectivity index (χ0) is 15.8. The van der Waals surface area contributed by atoms with Crippen LogP contribution in [-0.2, 0) is 36.0 Å². The topological polar surface area (TPSA) is 9.23 Å². The molecule has 0 heterocycles. The Morgan fingerprint density at radius 2 is 1.57 bits per heavy atom. The van der Waals surface area contributed by atoms with Crippen LogP contribution in [0.4, 0.5) is 0 Å². The second kappa shape index (κ2) is 8.37. The van der Waals surface area contributed by atoms with Crippen molar-refractivity contribution in [2.75, 3.05) is 0 Å². The fourth-order valence-corrected chi connectivity index (χ4v) is 3.15. The van der Waals surface area contributed by atoms with Gasteiger partial charge in [0.05, 0.1) is 0 Å². The SMILES string of the molecule is CC(C)(C)c1cc(C2=CC=CC2)c([O][Zr+2])c(C(C)(C)C)c1.[Cl-].[Cl-]. The van der Waals surface area contributed by atoms with E-state index in [0.29, 0.717) is 0 Å². The van der Waals surface area contributed by atoms with Gasteiger partial charge in [-0.25, -0.2) is 0 Å². The van der Waals surface area contributed by atoms with Crippen LogP contribution in [0.3, 0.4) is 0 Å². The molecule has 1 aromatic carbocycles. The van der Waals surface area contributed by atoms with Crippen molar-refractivity contribution < 1.29 is 52.8 Å². The van der Waals surface area contributed by atoms with Crippen LogP contribution in [0.25, 0.3) is 5.57 Å². The first kappa shape index (κ1) is 23.0. The van der Waals surface area contributed by atoms with Crippen LogP contribution >= 0.6 is 0 Å². The van der Waals surface area contributed by atoms with Gasteiger partial charge in [-0.15, -0.1) is 0 Å². The molecular weight excluding hydrogens is 406 g/mol. The van der Waals surface area contributed by atoms with Crippen molar-refractivity contribution in [3.05, 3.63) is 47.1 Å². The van der Waals surface area contributed by atoms with Crippen molar-refractivity contribution in [2.45, 2.75) is 58.8 Å². The van der Waals surface area contributed by atoms with E-state index in [1.165, 1.54) is 22.3 Å². The Hall–Kier alpha value is -0.0369. The van der Waals surface area contributed by atoms with E-state index < -0.39 is 0 Å². The number of hydrogen-bond acceptors (Lipinski definition) is 1. The minimum Gasteiger partial charge on any atom is -1.00 e.